The van der Waals surface area contributed by atoms with Crippen molar-refractivity contribution in [2.45, 2.75) is 45.6 Å². The first-order chi connectivity index (χ1) is 17.4. The van der Waals surface area contributed by atoms with Gasteiger partial charge in [-0.2, -0.15) is 4.98 Å². The molecule has 0 fully saturated rings. The maximum Gasteiger partial charge on any atom is 0.317 e. The monoisotopic (exact) mass is 491 g/mol. The molecule has 0 saturated heterocycles. The van der Waals surface area contributed by atoms with Crippen LogP contribution in [0, 0.1) is 11.6 Å². The Morgan fingerprint density at radius 1 is 1.08 bits per heavy atom. The molecule has 0 saturated carbocycles. The second kappa shape index (κ2) is 10.6. The molecule has 1 heterocycles. The molecule has 7 heteroatoms. The third-order valence-corrected chi connectivity index (χ3v) is 6.71. The standard InChI is InChI=1S/C29H31F2N3O2/c1-5-13-29(7-3,33-8-4)17-36-28-32-16-19-9-11-22(26(31)27(19)34-28)23-15-20(35)14-18-10-12-24(30)21(6-2)25(18)23/h5,9-12,14-16,33,35H,1,6-8,13,17H2,2-4H3. The van der Waals surface area contributed by atoms with E-state index >= 15 is 4.39 Å². The van der Waals surface area contributed by atoms with E-state index < -0.39 is 5.82 Å². The van der Waals surface area contributed by atoms with Crippen molar-refractivity contribution >= 4 is 21.7 Å². The van der Waals surface area contributed by atoms with Gasteiger partial charge in [-0.25, -0.2) is 13.8 Å². The SMILES string of the molecule is C=CCC(CC)(COc1ncc2ccc(-c3cc(O)cc4ccc(F)c(CC)c34)c(F)c2n1)NCC. The lowest BCUT2D eigenvalue weighted by Crippen LogP contribution is -2.49. The highest BCUT2D eigenvalue weighted by Gasteiger charge is 2.27. The number of phenols is 1. The molecule has 1 aromatic heterocycles. The Hall–Kier alpha value is -3.58. The number of benzene rings is 3. The molecule has 5 nitrogen and oxygen atoms in total. The molecule has 36 heavy (non-hydrogen) atoms. The average molecular weight is 492 g/mol. The Balaban J connectivity index is 1.81. The van der Waals surface area contributed by atoms with Crippen LogP contribution in [0.3, 0.4) is 0 Å². The minimum Gasteiger partial charge on any atom is -0.508 e. The highest BCUT2D eigenvalue weighted by molar-refractivity contribution is 6.02. The van der Waals surface area contributed by atoms with Crippen LogP contribution in [-0.2, 0) is 6.42 Å². The zero-order valence-corrected chi connectivity index (χ0v) is 20.9. The fraction of sp³-hybridized carbons (Fsp3) is 0.310. The predicted molar refractivity (Wildman–Crippen MR) is 140 cm³/mol. The largest absolute Gasteiger partial charge is 0.508 e. The molecule has 0 bridgehead atoms. The highest BCUT2D eigenvalue weighted by atomic mass is 19.1. The van der Waals surface area contributed by atoms with Gasteiger partial charge in [0.15, 0.2) is 5.82 Å². The molecule has 0 aliphatic carbocycles. The van der Waals surface area contributed by atoms with E-state index in [4.69, 9.17) is 4.74 Å². The fourth-order valence-corrected chi connectivity index (χ4v) is 4.79. The van der Waals surface area contributed by atoms with E-state index in [1.165, 1.54) is 18.3 Å². The Labute approximate surface area is 209 Å². The van der Waals surface area contributed by atoms with Crippen molar-refractivity contribution in [3.8, 4) is 22.9 Å². The van der Waals surface area contributed by atoms with Gasteiger partial charge in [0.1, 0.15) is 23.7 Å². The molecule has 3 aromatic carbocycles. The van der Waals surface area contributed by atoms with E-state index in [1.54, 1.807) is 24.3 Å². The number of hydrogen-bond acceptors (Lipinski definition) is 5. The lowest BCUT2D eigenvalue weighted by Gasteiger charge is -2.32. The van der Waals surface area contributed by atoms with Gasteiger partial charge in [-0.3, -0.25) is 0 Å². The summed E-state index contributed by atoms with van der Waals surface area (Å²) >= 11 is 0. The number of ether oxygens (including phenoxy) is 1. The normalized spacial score (nSPS) is 13.1. The topological polar surface area (TPSA) is 67.3 Å². The van der Waals surface area contributed by atoms with Gasteiger partial charge < -0.3 is 15.2 Å². The van der Waals surface area contributed by atoms with Crippen LogP contribution in [0.2, 0.25) is 0 Å². The second-order valence-electron chi connectivity index (χ2n) is 8.93. The molecular formula is C29H31F2N3O2. The van der Waals surface area contributed by atoms with Crippen molar-refractivity contribution in [2.75, 3.05) is 13.2 Å². The van der Waals surface area contributed by atoms with Crippen LogP contribution in [0.5, 0.6) is 11.8 Å². The van der Waals surface area contributed by atoms with Gasteiger partial charge >= 0.3 is 6.01 Å². The maximum atomic E-state index is 16.0. The Kier molecular flexibility index (Phi) is 7.50. The van der Waals surface area contributed by atoms with Crippen LogP contribution < -0.4 is 10.1 Å². The van der Waals surface area contributed by atoms with Crippen molar-refractivity contribution in [1.29, 1.82) is 0 Å². The van der Waals surface area contributed by atoms with Gasteiger partial charge in [-0.05, 0) is 65.9 Å². The highest BCUT2D eigenvalue weighted by Crippen LogP contribution is 2.38. The van der Waals surface area contributed by atoms with Crippen LogP contribution >= 0.6 is 0 Å². The minimum atomic E-state index is -0.586. The summed E-state index contributed by atoms with van der Waals surface area (Å²) < 4.78 is 36.5. The Morgan fingerprint density at radius 3 is 2.56 bits per heavy atom. The Bertz CT molecular complexity index is 1420. The first-order valence-corrected chi connectivity index (χ1v) is 12.2. The van der Waals surface area contributed by atoms with Crippen molar-refractivity contribution in [3.63, 3.8) is 0 Å². The van der Waals surface area contributed by atoms with E-state index in [9.17, 15) is 9.50 Å². The molecule has 188 valence electrons. The van der Waals surface area contributed by atoms with Gasteiger partial charge in [-0.15, -0.1) is 6.58 Å². The molecule has 1 unspecified atom stereocenters. The summed E-state index contributed by atoms with van der Waals surface area (Å²) in [6, 6.07) is 9.37. The van der Waals surface area contributed by atoms with Crippen molar-refractivity contribution in [3.05, 3.63) is 72.4 Å². The zero-order chi connectivity index (χ0) is 25.9. The third-order valence-electron chi connectivity index (χ3n) is 6.71. The predicted octanol–water partition coefficient (Wildman–Crippen LogP) is 6.71. The molecular weight excluding hydrogens is 460 g/mol. The van der Waals surface area contributed by atoms with Gasteiger partial charge in [0.25, 0.3) is 0 Å². The van der Waals surface area contributed by atoms with Crippen LogP contribution in [0.15, 0.2) is 55.3 Å². The summed E-state index contributed by atoms with van der Waals surface area (Å²) in [4.78, 5) is 8.65. The summed E-state index contributed by atoms with van der Waals surface area (Å²) in [6.07, 6.45) is 5.29. The first kappa shape index (κ1) is 25.5. The average Bonchev–Trinajstić information content (AvgIpc) is 2.87. The molecule has 0 spiro atoms. The van der Waals surface area contributed by atoms with E-state index in [-0.39, 0.29) is 34.2 Å². The third kappa shape index (κ3) is 4.75. The molecule has 0 aliphatic heterocycles. The van der Waals surface area contributed by atoms with Gasteiger partial charge in [0, 0.05) is 17.1 Å². The number of halogens is 2. The number of fused-ring (bicyclic) bond motifs is 2. The van der Waals surface area contributed by atoms with Gasteiger partial charge in [-0.1, -0.05) is 45.0 Å². The van der Waals surface area contributed by atoms with E-state index in [0.717, 1.165) is 13.0 Å². The fourth-order valence-electron chi connectivity index (χ4n) is 4.79. The van der Waals surface area contributed by atoms with E-state index in [2.05, 4.69) is 28.8 Å². The Morgan fingerprint density at radius 2 is 1.86 bits per heavy atom. The quantitative estimate of drug-likeness (QED) is 0.241. The summed E-state index contributed by atoms with van der Waals surface area (Å²) in [5, 5.41) is 15.5. The molecule has 0 amide bonds. The smallest absolute Gasteiger partial charge is 0.317 e. The van der Waals surface area contributed by atoms with Crippen LogP contribution in [0.1, 0.15) is 39.2 Å². The molecule has 2 N–H and O–H groups in total. The zero-order valence-electron chi connectivity index (χ0n) is 20.9. The number of nitrogens with zero attached hydrogens (tertiary/aromatic N) is 2. The molecule has 0 radical (unpaired) electrons. The number of likely N-dealkylation sites (N-methyl/N-ethyl adjacent to an activating group) is 1. The van der Waals surface area contributed by atoms with E-state index in [1.807, 2.05) is 19.9 Å². The molecule has 0 aliphatic rings. The number of hydrogen-bond donors (Lipinski definition) is 2. The lowest BCUT2D eigenvalue weighted by atomic mass is 9.92. The summed E-state index contributed by atoms with van der Waals surface area (Å²) in [7, 11) is 0. The number of aromatic nitrogens is 2. The maximum absolute atomic E-state index is 16.0. The van der Waals surface area contributed by atoms with Crippen molar-refractivity contribution < 1.29 is 18.6 Å². The second-order valence-corrected chi connectivity index (χ2v) is 8.93. The number of rotatable bonds is 10. The van der Waals surface area contributed by atoms with Crippen LogP contribution in [0.25, 0.3) is 32.8 Å². The van der Waals surface area contributed by atoms with Crippen LogP contribution in [0.4, 0.5) is 8.78 Å². The lowest BCUT2D eigenvalue weighted by molar-refractivity contribution is 0.167. The molecule has 1 atom stereocenters. The van der Waals surface area contributed by atoms with Gasteiger partial charge in [0.05, 0.1) is 5.54 Å². The van der Waals surface area contributed by atoms with Crippen LogP contribution in [-0.4, -0.2) is 33.8 Å². The minimum absolute atomic E-state index is 0.0288. The molecule has 4 rings (SSSR count). The molecule has 4 aromatic rings. The van der Waals surface area contributed by atoms with Gasteiger partial charge in [0.2, 0.25) is 0 Å². The number of phenolic OH excluding ortho intramolecular Hbond substituents is 1. The summed E-state index contributed by atoms with van der Waals surface area (Å²) in [5.74, 6) is -0.979. The first-order valence-electron chi connectivity index (χ1n) is 12.2. The van der Waals surface area contributed by atoms with E-state index in [0.29, 0.717) is 46.7 Å². The number of aromatic hydroxyl groups is 1. The number of aryl methyl sites for hydroxylation is 1. The van der Waals surface area contributed by atoms with Crippen molar-refractivity contribution in [2.24, 2.45) is 0 Å². The summed E-state index contributed by atoms with van der Waals surface area (Å²) in [6.45, 7) is 10.8. The number of nitrogens with one attached hydrogen (secondary N) is 1. The van der Waals surface area contributed by atoms with Crippen molar-refractivity contribution in [1.82, 2.24) is 15.3 Å². The summed E-state index contributed by atoms with van der Waals surface area (Å²) in [5.41, 5.74) is 0.865.